The predicted molar refractivity (Wildman–Crippen MR) is 63.5 cm³/mol. The summed E-state index contributed by atoms with van der Waals surface area (Å²) < 4.78 is 5.19. The van der Waals surface area contributed by atoms with Gasteiger partial charge in [-0.1, -0.05) is 17.3 Å². The smallest absolute Gasteiger partial charge is 0.230 e. The molecular weight excluding hydrogens is 210 g/mol. The number of ether oxygens (including phenoxy) is 1. The number of rotatable bonds is 5. The fourth-order valence-corrected chi connectivity index (χ4v) is 1.96. The Balaban J connectivity index is 2.73. The molecule has 0 unspecified atom stereocenters. The van der Waals surface area contributed by atoms with Crippen molar-refractivity contribution in [2.45, 2.75) is 6.54 Å². The van der Waals surface area contributed by atoms with Crippen LogP contribution < -0.4 is 15.0 Å². The van der Waals surface area contributed by atoms with E-state index in [0.717, 1.165) is 10.0 Å². The van der Waals surface area contributed by atoms with Crippen LogP contribution in [0.4, 0.5) is 5.13 Å². The summed E-state index contributed by atoms with van der Waals surface area (Å²) in [4.78, 5) is 7.36. The molecule has 5 heteroatoms. The van der Waals surface area contributed by atoms with E-state index in [1.165, 1.54) is 0 Å². The van der Waals surface area contributed by atoms with Crippen LogP contribution in [-0.4, -0.2) is 32.7 Å². The maximum Gasteiger partial charge on any atom is 0.230 e. The Hall–Kier alpha value is -1.25. The van der Waals surface area contributed by atoms with Crippen molar-refractivity contribution in [3.8, 4) is 18.2 Å². The quantitative estimate of drug-likeness (QED) is 0.598. The zero-order valence-electron chi connectivity index (χ0n) is 9.20. The number of anilines is 1. The van der Waals surface area contributed by atoms with Crippen molar-refractivity contribution >= 4 is 16.5 Å². The molecule has 1 heterocycles. The standard InChI is InChI=1S/C10H15N3OS/c1-5-6-11-7-8-9(14-4)12-10(15-8)13(2)3/h1,11H,6-7H2,2-4H3. The third kappa shape index (κ3) is 3.11. The fourth-order valence-electron chi connectivity index (χ4n) is 1.04. The Bertz CT molecular complexity index is 354. The molecule has 0 aliphatic rings. The van der Waals surface area contributed by atoms with Gasteiger partial charge < -0.3 is 15.0 Å². The van der Waals surface area contributed by atoms with Gasteiger partial charge in [0.15, 0.2) is 5.13 Å². The first kappa shape index (κ1) is 11.8. The molecule has 0 radical (unpaired) electrons. The molecule has 0 bridgehead atoms. The van der Waals surface area contributed by atoms with Crippen LogP contribution in [0.1, 0.15) is 4.88 Å². The predicted octanol–water partition coefficient (Wildman–Crippen LogP) is 0.941. The molecule has 0 aromatic carbocycles. The summed E-state index contributed by atoms with van der Waals surface area (Å²) in [6, 6.07) is 0. The van der Waals surface area contributed by atoms with E-state index in [9.17, 15) is 0 Å². The molecule has 0 fully saturated rings. The van der Waals surface area contributed by atoms with Crippen LogP contribution in [0, 0.1) is 12.3 Å². The highest BCUT2D eigenvalue weighted by atomic mass is 32.1. The third-order valence-electron chi connectivity index (χ3n) is 1.74. The molecule has 1 N–H and O–H groups in total. The van der Waals surface area contributed by atoms with Crippen molar-refractivity contribution < 1.29 is 4.74 Å². The molecule has 0 amide bonds. The molecule has 15 heavy (non-hydrogen) atoms. The van der Waals surface area contributed by atoms with Gasteiger partial charge in [0.1, 0.15) is 0 Å². The van der Waals surface area contributed by atoms with Crippen molar-refractivity contribution in [2.75, 3.05) is 32.6 Å². The minimum absolute atomic E-state index is 0.554. The normalized spacial score (nSPS) is 9.73. The average Bonchev–Trinajstić information content (AvgIpc) is 2.62. The number of methoxy groups -OCH3 is 1. The summed E-state index contributed by atoms with van der Waals surface area (Å²) in [5.74, 6) is 3.20. The average molecular weight is 225 g/mol. The number of terminal acetylenes is 1. The lowest BCUT2D eigenvalue weighted by atomic mass is 10.5. The van der Waals surface area contributed by atoms with Gasteiger partial charge in [0.2, 0.25) is 5.88 Å². The first-order valence-electron chi connectivity index (χ1n) is 4.54. The SMILES string of the molecule is C#CCNCc1sc(N(C)C)nc1OC. The second kappa shape index (κ2) is 5.59. The van der Waals surface area contributed by atoms with Gasteiger partial charge in [-0.3, -0.25) is 0 Å². The van der Waals surface area contributed by atoms with Crippen LogP contribution in [0.5, 0.6) is 5.88 Å². The molecule has 0 aliphatic heterocycles. The van der Waals surface area contributed by atoms with E-state index < -0.39 is 0 Å². The maximum atomic E-state index is 5.19. The minimum atomic E-state index is 0.554. The number of hydrogen-bond donors (Lipinski definition) is 1. The van der Waals surface area contributed by atoms with E-state index in [0.29, 0.717) is 19.0 Å². The van der Waals surface area contributed by atoms with Gasteiger partial charge in [-0.25, -0.2) is 0 Å². The number of aromatic nitrogens is 1. The number of nitrogens with zero attached hydrogens (tertiary/aromatic N) is 2. The van der Waals surface area contributed by atoms with E-state index in [1.54, 1.807) is 18.4 Å². The Morgan fingerprint density at radius 2 is 2.33 bits per heavy atom. The van der Waals surface area contributed by atoms with Crippen molar-refractivity contribution in [2.24, 2.45) is 0 Å². The fraction of sp³-hybridized carbons (Fsp3) is 0.500. The molecule has 1 aromatic heterocycles. The first-order chi connectivity index (χ1) is 7.19. The van der Waals surface area contributed by atoms with Crippen LogP contribution >= 0.6 is 11.3 Å². The Kier molecular flexibility index (Phi) is 4.40. The topological polar surface area (TPSA) is 37.4 Å². The Morgan fingerprint density at radius 1 is 1.60 bits per heavy atom. The lowest BCUT2D eigenvalue weighted by Crippen LogP contribution is -2.12. The largest absolute Gasteiger partial charge is 0.480 e. The van der Waals surface area contributed by atoms with E-state index >= 15 is 0 Å². The second-order valence-electron chi connectivity index (χ2n) is 3.13. The zero-order valence-corrected chi connectivity index (χ0v) is 10.0. The first-order valence-corrected chi connectivity index (χ1v) is 5.36. The summed E-state index contributed by atoms with van der Waals surface area (Å²) in [6.07, 6.45) is 5.15. The summed E-state index contributed by atoms with van der Waals surface area (Å²) in [5, 5.41) is 4.05. The number of nitrogens with one attached hydrogen (secondary N) is 1. The second-order valence-corrected chi connectivity index (χ2v) is 4.19. The molecule has 0 saturated carbocycles. The van der Waals surface area contributed by atoms with Crippen molar-refractivity contribution in [3.05, 3.63) is 4.88 Å². The highest BCUT2D eigenvalue weighted by Crippen LogP contribution is 2.29. The molecular formula is C10H15N3OS. The molecule has 0 saturated heterocycles. The van der Waals surface area contributed by atoms with Crippen molar-refractivity contribution in [3.63, 3.8) is 0 Å². The summed E-state index contributed by atoms with van der Waals surface area (Å²) in [5.41, 5.74) is 0. The molecule has 1 rings (SSSR count). The van der Waals surface area contributed by atoms with E-state index in [-0.39, 0.29) is 0 Å². The number of thiazole rings is 1. The van der Waals surface area contributed by atoms with Crippen LogP contribution in [0.25, 0.3) is 0 Å². The molecule has 82 valence electrons. The minimum Gasteiger partial charge on any atom is -0.480 e. The molecule has 0 spiro atoms. The molecule has 0 aliphatic carbocycles. The maximum absolute atomic E-state index is 5.19. The summed E-state index contributed by atoms with van der Waals surface area (Å²) >= 11 is 1.60. The van der Waals surface area contributed by atoms with E-state index in [1.807, 2.05) is 19.0 Å². The zero-order chi connectivity index (χ0) is 11.3. The van der Waals surface area contributed by atoms with Gasteiger partial charge in [-0.15, -0.1) is 6.42 Å². The van der Waals surface area contributed by atoms with Crippen molar-refractivity contribution in [1.82, 2.24) is 10.3 Å². The highest BCUT2D eigenvalue weighted by Gasteiger charge is 2.12. The molecule has 0 atom stereocenters. The Labute approximate surface area is 94.3 Å². The van der Waals surface area contributed by atoms with E-state index in [4.69, 9.17) is 11.2 Å². The summed E-state index contributed by atoms with van der Waals surface area (Å²) in [7, 11) is 5.53. The summed E-state index contributed by atoms with van der Waals surface area (Å²) in [6.45, 7) is 1.25. The van der Waals surface area contributed by atoms with Crippen LogP contribution in [0.3, 0.4) is 0 Å². The van der Waals surface area contributed by atoms with Crippen LogP contribution in [-0.2, 0) is 6.54 Å². The Morgan fingerprint density at radius 3 is 2.87 bits per heavy atom. The van der Waals surface area contributed by atoms with E-state index in [2.05, 4.69) is 16.2 Å². The lowest BCUT2D eigenvalue weighted by Gasteiger charge is -2.04. The lowest BCUT2D eigenvalue weighted by molar-refractivity contribution is 0.395. The molecule has 1 aromatic rings. The van der Waals surface area contributed by atoms with Gasteiger partial charge in [-0.2, -0.15) is 4.98 Å². The van der Waals surface area contributed by atoms with Gasteiger partial charge in [0, 0.05) is 20.6 Å². The third-order valence-corrected chi connectivity index (χ3v) is 2.94. The molecule has 4 nitrogen and oxygen atoms in total. The van der Waals surface area contributed by atoms with Gasteiger partial charge in [-0.05, 0) is 0 Å². The van der Waals surface area contributed by atoms with Crippen LogP contribution in [0.15, 0.2) is 0 Å². The van der Waals surface area contributed by atoms with Gasteiger partial charge in [0.25, 0.3) is 0 Å². The van der Waals surface area contributed by atoms with Gasteiger partial charge in [0.05, 0.1) is 18.5 Å². The number of hydrogen-bond acceptors (Lipinski definition) is 5. The van der Waals surface area contributed by atoms with Crippen LogP contribution in [0.2, 0.25) is 0 Å². The monoisotopic (exact) mass is 225 g/mol. The van der Waals surface area contributed by atoms with Crippen molar-refractivity contribution in [1.29, 1.82) is 0 Å². The van der Waals surface area contributed by atoms with Gasteiger partial charge >= 0.3 is 0 Å². The highest BCUT2D eigenvalue weighted by molar-refractivity contribution is 7.15.